The SMILES string of the molecule is CCc1ccc(-n2nc(C)c3c(C)cc(=O)n(Cc4cccc(F)c4)c32)cc1. The predicted octanol–water partition coefficient (Wildman–Crippen LogP) is 4.55. The summed E-state index contributed by atoms with van der Waals surface area (Å²) < 4.78 is 17.2. The van der Waals surface area contributed by atoms with Crippen LogP contribution in [0.1, 0.15) is 29.3 Å². The van der Waals surface area contributed by atoms with Gasteiger partial charge in [0.05, 0.1) is 17.9 Å². The average Bonchev–Trinajstić information content (AvgIpc) is 3.03. The van der Waals surface area contributed by atoms with E-state index in [4.69, 9.17) is 5.10 Å². The zero-order valence-electron chi connectivity index (χ0n) is 16.2. The topological polar surface area (TPSA) is 39.8 Å². The standard InChI is InChI=1S/C23H22FN3O/c1-4-17-8-10-20(11-9-17)27-23-22(16(3)25-27)15(2)12-21(28)26(23)14-18-6-5-7-19(24)13-18/h5-13H,4,14H2,1-3H3. The summed E-state index contributed by atoms with van der Waals surface area (Å²) in [5.74, 6) is -0.311. The second-order valence-electron chi connectivity index (χ2n) is 7.10. The van der Waals surface area contributed by atoms with Gasteiger partial charge in [0.1, 0.15) is 11.5 Å². The summed E-state index contributed by atoms with van der Waals surface area (Å²) in [6.07, 6.45) is 0.961. The Hall–Kier alpha value is -3.21. The number of aryl methyl sites for hydroxylation is 3. The zero-order valence-corrected chi connectivity index (χ0v) is 16.2. The fourth-order valence-corrected chi connectivity index (χ4v) is 3.69. The van der Waals surface area contributed by atoms with Crippen molar-refractivity contribution in [2.75, 3.05) is 0 Å². The van der Waals surface area contributed by atoms with Crippen LogP contribution in [0.3, 0.4) is 0 Å². The minimum atomic E-state index is -0.311. The van der Waals surface area contributed by atoms with Crippen molar-refractivity contribution in [1.29, 1.82) is 0 Å². The summed E-state index contributed by atoms with van der Waals surface area (Å²) in [5.41, 5.74) is 5.23. The lowest BCUT2D eigenvalue weighted by Crippen LogP contribution is -2.22. The summed E-state index contributed by atoms with van der Waals surface area (Å²) in [7, 11) is 0. The molecule has 28 heavy (non-hydrogen) atoms. The van der Waals surface area contributed by atoms with Crippen LogP contribution in [0, 0.1) is 19.7 Å². The van der Waals surface area contributed by atoms with Gasteiger partial charge in [0, 0.05) is 11.5 Å². The molecule has 0 aliphatic carbocycles. The molecule has 0 unspecified atom stereocenters. The lowest BCUT2D eigenvalue weighted by atomic mass is 10.1. The van der Waals surface area contributed by atoms with Crippen molar-refractivity contribution in [2.45, 2.75) is 33.7 Å². The Morgan fingerprint density at radius 3 is 2.43 bits per heavy atom. The maximum atomic E-state index is 13.7. The van der Waals surface area contributed by atoms with Crippen molar-refractivity contribution in [1.82, 2.24) is 14.3 Å². The molecule has 2 aromatic heterocycles. The highest BCUT2D eigenvalue weighted by Crippen LogP contribution is 2.24. The number of benzene rings is 2. The van der Waals surface area contributed by atoms with Crippen molar-refractivity contribution in [3.63, 3.8) is 0 Å². The highest BCUT2D eigenvalue weighted by atomic mass is 19.1. The van der Waals surface area contributed by atoms with Crippen LogP contribution in [-0.2, 0) is 13.0 Å². The van der Waals surface area contributed by atoms with E-state index in [9.17, 15) is 9.18 Å². The van der Waals surface area contributed by atoms with Gasteiger partial charge in [-0.05, 0) is 61.2 Å². The first-order valence-corrected chi connectivity index (χ1v) is 9.41. The molecule has 0 saturated carbocycles. The Balaban J connectivity index is 1.97. The summed E-state index contributed by atoms with van der Waals surface area (Å²) in [5, 5.41) is 5.67. The van der Waals surface area contributed by atoms with Crippen LogP contribution in [0.15, 0.2) is 59.4 Å². The molecule has 2 heterocycles. The fourth-order valence-electron chi connectivity index (χ4n) is 3.69. The number of pyridine rings is 1. The van der Waals surface area contributed by atoms with Crippen molar-refractivity contribution in [3.05, 3.63) is 93.2 Å². The van der Waals surface area contributed by atoms with E-state index in [-0.39, 0.29) is 17.9 Å². The van der Waals surface area contributed by atoms with Crippen molar-refractivity contribution >= 4 is 11.0 Å². The fraction of sp³-hybridized carbons (Fsp3) is 0.217. The Morgan fingerprint density at radius 2 is 1.75 bits per heavy atom. The third-order valence-corrected chi connectivity index (χ3v) is 5.11. The van der Waals surface area contributed by atoms with Gasteiger partial charge in [-0.25, -0.2) is 9.07 Å². The minimum absolute atomic E-state index is 0.124. The molecule has 0 N–H and O–H groups in total. The maximum absolute atomic E-state index is 13.7. The third kappa shape index (κ3) is 3.13. The Kier molecular flexibility index (Phi) is 4.59. The van der Waals surface area contributed by atoms with E-state index in [0.717, 1.165) is 40.0 Å². The number of fused-ring (bicyclic) bond motifs is 1. The normalized spacial score (nSPS) is 11.3. The molecule has 4 nitrogen and oxygen atoms in total. The van der Waals surface area contributed by atoms with E-state index in [1.807, 2.05) is 36.7 Å². The van der Waals surface area contributed by atoms with E-state index < -0.39 is 0 Å². The summed E-state index contributed by atoms with van der Waals surface area (Å²) in [4.78, 5) is 12.9. The molecule has 0 atom stereocenters. The number of halogens is 1. The smallest absolute Gasteiger partial charge is 0.252 e. The molecule has 0 bridgehead atoms. The third-order valence-electron chi connectivity index (χ3n) is 5.11. The van der Waals surface area contributed by atoms with Crippen molar-refractivity contribution in [3.8, 4) is 5.69 Å². The highest BCUT2D eigenvalue weighted by Gasteiger charge is 2.17. The van der Waals surface area contributed by atoms with Gasteiger partial charge >= 0.3 is 0 Å². The second-order valence-corrected chi connectivity index (χ2v) is 7.10. The number of hydrogen-bond donors (Lipinski definition) is 0. The summed E-state index contributed by atoms with van der Waals surface area (Å²) in [6.45, 7) is 6.27. The molecule has 0 aliphatic rings. The molecule has 0 radical (unpaired) electrons. The van der Waals surface area contributed by atoms with E-state index in [1.54, 1.807) is 16.7 Å². The molecule has 0 fully saturated rings. The van der Waals surface area contributed by atoms with Gasteiger partial charge in [0.15, 0.2) is 0 Å². The first-order valence-electron chi connectivity index (χ1n) is 9.41. The summed E-state index contributed by atoms with van der Waals surface area (Å²) in [6, 6.07) is 16.2. The van der Waals surface area contributed by atoms with Gasteiger partial charge in [0.25, 0.3) is 5.56 Å². The predicted molar refractivity (Wildman–Crippen MR) is 110 cm³/mol. The Labute approximate surface area is 162 Å². The van der Waals surface area contributed by atoms with E-state index in [2.05, 4.69) is 19.1 Å². The quantitative estimate of drug-likeness (QED) is 0.525. The first kappa shape index (κ1) is 18.2. The number of hydrogen-bond acceptors (Lipinski definition) is 2. The van der Waals surface area contributed by atoms with E-state index >= 15 is 0 Å². The van der Waals surface area contributed by atoms with Crippen LogP contribution < -0.4 is 5.56 Å². The zero-order chi connectivity index (χ0) is 19.8. The van der Waals surface area contributed by atoms with Crippen LogP contribution in [-0.4, -0.2) is 14.3 Å². The van der Waals surface area contributed by atoms with Crippen LogP contribution in [0.25, 0.3) is 16.7 Å². The van der Waals surface area contributed by atoms with Gasteiger partial charge in [-0.15, -0.1) is 0 Å². The van der Waals surface area contributed by atoms with E-state index in [0.29, 0.717) is 0 Å². The molecule has 0 spiro atoms. The molecular weight excluding hydrogens is 353 g/mol. The van der Waals surface area contributed by atoms with Gasteiger partial charge in [-0.2, -0.15) is 5.10 Å². The van der Waals surface area contributed by atoms with Crippen molar-refractivity contribution in [2.24, 2.45) is 0 Å². The van der Waals surface area contributed by atoms with Crippen LogP contribution >= 0.6 is 0 Å². The van der Waals surface area contributed by atoms with E-state index in [1.165, 1.54) is 17.7 Å². The second kappa shape index (κ2) is 7.08. The lowest BCUT2D eigenvalue weighted by molar-refractivity contribution is 0.623. The number of rotatable bonds is 4. The molecule has 0 saturated heterocycles. The van der Waals surface area contributed by atoms with Crippen LogP contribution in [0.4, 0.5) is 4.39 Å². The Morgan fingerprint density at radius 1 is 1.00 bits per heavy atom. The molecule has 5 heteroatoms. The molecule has 142 valence electrons. The van der Waals surface area contributed by atoms with Crippen molar-refractivity contribution < 1.29 is 4.39 Å². The number of nitrogens with zero attached hydrogens (tertiary/aromatic N) is 3. The molecule has 4 aromatic rings. The van der Waals surface area contributed by atoms with Gasteiger partial charge in [-0.1, -0.05) is 31.2 Å². The maximum Gasteiger partial charge on any atom is 0.252 e. The highest BCUT2D eigenvalue weighted by molar-refractivity contribution is 5.83. The van der Waals surface area contributed by atoms with Crippen LogP contribution in [0.2, 0.25) is 0 Å². The van der Waals surface area contributed by atoms with Gasteiger partial charge in [-0.3, -0.25) is 9.36 Å². The molecule has 0 amide bonds. The molecular formula is C23H22FN3O. The minimum Gasteiger partial charge on any atom is -0.288 e. The van der Waals surface area contributed by atoms with Gasteiger partial charge < -0.3 is 0 Å². The molecule has 2 aromatic carbocycles. The number of aromatic nitrogens is 3. The largest absolute Gasteiger partial charge is 0.288 e. The summed E-state index contributed by atoms with van der Waals surface area (Å²) >= 11 is 0. The lowest BCUT2D eigenvalue weighted by Gasteiger charge is -2.13. The van der Waals surface area contributed by atoms with Crippen LogP contribution in [0.5, 0.6) is 0 Å². The molecule has 4 rings (SSSR count). The first-order chi connectivity index (χ1) is 13.5. The van der Waals surface area contributed by atoms with Gasteiger partial charge in [0.2, 0.25) is 0 Å². The molecule has 0 aliphatic heterocycles. The monoisotopic (exact) mass is 375 g/mol. The Bertz CT molecular complexity index is 1220. The average molecular weight is 375 g/mol.